The van der Waals surface area contributed by atoms with Gasteiger partial charge in [0.05, 0.1) is 14.2 Å². The second kappa shape index (κ2) is 19.0. The van der Waals surface area contributed by atoms with Crippen LogP contribution in [0.2, 0.25) is 0 Å². The normalized spacial score (nSPS) is 12.1. The molecule has 4 aromatic carbocycles. The van der Waals surface area contributed by atoms with E-state index in [9.17, 15) is 9.59 Å². The minimum atomic E-state index is -0.953. The number of carbonyl (C=O) groups is 2. The Morgan fingerprint density at radius 3 is 1.57 bits per heavy atom. The Morgan fingerprint density at radius 2 is 1.11 bits per heavy atom. The Balaban J connectivity index is 1.60. The number of hydrogen-bond donors (Lipinski definition) is 1. The number of benzene rings is 4. The second-order valence-electron chi connectivity index (χ2n) is 14.7. The van der Waals surface area contributed by atoms with Gasteiger partial charge in [0.1, 0.15) is 53.5 Å². The van der Waals surface area contributed by atoms with Crippen LogP contribution >= 0.6 is 0 Å². The highest BCUT2D eigenvalue weighted by Crippen LogP contribution is 2.27. The van der Waals surface area contributed by atoms with Crippen molar-refractivity contribution in [3.63, 3.8) is 0 Å². The summed E-state index contributed by atoms with van der Waals surface area (Å²) in [6, 6.07) is 30.4. The molecule has 0 radical (unpaired) electrons. The van der Waals surface area contributed by atoms with Gasteiger partial charge < -0.3 is 33.7 Å². The van der Waals surface area contributed by atoms with E-state index in [4.69, 9.17) is 28.4 Å². The second-order valence-corrected chi connectivity index (χ2v) is 14.7. The number of amides is 1. The zero-order valence-corrected chi connectivity index (χ0v) is 32.3. The van der Waals surface area contributed by atoms with E-state index in [0.29, 0.717) is 32.8 Å². The fraction of sp³-hybridized carbons (Fsp3) is 0.395. The molecule has 10 heteroatoms. The van der Waals surface area contributed by atoms with Gasteiger partial charge in [0.15, 0.2) is 0 Å². The average molecular weight is 727 g/mol. The molecule has 284 valence electrons. The number of hydrogen-bond acceptors (Lipinski definition) is 9. The molecule has 4 aromatic rings. The molecule has 0 aliphatic carbocycles. The van der Waals surface area contributed by atoms with Crippen molar-refractivity contribution in [3.05, 3.63) is 119 Å². The molecule has 0 aliphatic rings. The van der Waals surface area contributed by atoms with Crippen LogP contribution in [0, 0.1) is 0 Å². The molecule has 1 amide bonds. The number of alkyl carbamates (subject to hydrolysis) is 1. The van der Waals surface area contributed by atoms with Gasteiger partial charge in [0.2, 0.25) is 0 Å². The molecule has 53 heavy (non-hydrogen) atoms. The number of nitrogens with one attached hydrogen (secondary N) is 1. The molecule has 0 saturated heterocycles. The molecule has 0 aliphatic heterocycles. The first-order valence-corrected chi connectivity index (χ1v) is 17.8. The molecule has 0 bridgehead atoms. The third kappa shape index (κ3) is 14.0. The van der Waals surface area contributed by atoms with Gasteiger partial charge in [-0.1, -0.05) is 60.7 Å². The van der Waals surface area contributed by atoms with Crippen LogP contribution in [0.5, 0.6) is 23.0 Å². The lowest BCUT2D eigenvalue weighted by Crippen LogP contribution is -2.47. The molecule has 4 rings (SSSR count). The fourth-order valence-corrected chi connectivity index (χ4v) is 5.48. The third-order valence-corrected chi connectivity index (χ3v) is 7.91. The van der Waals surface area contributed by atoms with Gasteiger partial charge in [-0.05, 0) is 95.5 Å². The van der Waals surface area contributed by atoms with Crippen LogP contribution in [0.4, 0.5) is 4.79 Å². The van der Waals surface area contributed by atoms with Crippen molar-refractivity contribution in [1.82, 2.24) is 10.2 Å². The summed E-state index contributed by atoms with van der Waals surface area (Å²) in [7, 11) is 3.28. The van der Waals surface area contributed by atoms with Crippen LogP contribution in [0.15, 0.2) is 97.1 Å². The van der Waals surface area contributed by atoms with E-state index >= 15 is 0 Å². The van der Waals surface area contributed by atoms with Gasteiger partial charge in [0, 0.05) is 30.8 Å². The predicted octanol–water partition coefficient (Wildman–Crippen LogP) is 8.49. The third-order valence-electron chi connectivity index (χ3n) is 7.91. The topological polar surface area (TPSA) is 105 Å². The minimum absolute atomic E-state index is 0.258. The largest absolute Gasteiger partial charge is 0.497 e. The fourth-order valence-electron chi connectivity index (χ4n) is 5.48. The quantitative estimate of drug-likeness (QED) is 0.107. The van der Waals surface area contributed by atoms with Crippen LogP contribution in [-0.4, -0.2) is 55.0 Å². The van der Waals surface area contributed by atoms with Crippen molar-refractivity contribution in [2.24, 2.45) is 0 Å². The highest BCUT2D eigenvalue weighted by molar-refractivity contribution is 5.81. The Hall–Kier alpha value is -5.22. The molecule has 0 saturated carbocycles. The number of methoxy groups -OCH3 is 2. The highest BCUT2D eigenvalue weighted by atomic mass is 16.6. The summed E-state index contributed by atoms with van der Waals surface area (Å²) in [4.78, 5) is 28.6. The molecule has 0 aromatic heterocycles. The summed E-state index contributed by atoms with van der Waals surface area (Å²) in [6.45, 7) is 12.8. The van der Waals surface area contributed by atoms with Gasteiger partial charge in [-0.2, -0.15) is 0 Å². The summed E-state index contributed by atoms with van der Waals surface area (Å²) >= 11 is 0. The van der Waals surface area contributed by atoms with Crippen LogP contribution in [0.3, 0.4) is 0 Å². The number of ether oxygens (including phenoxy) is 6. The molecular weight excluding hydrogens is 672 g/mol. The summed E-state index contributed by atoms with van der Waals surface area (Å²) < 4.78 is 34.7. The Morgan fingerprint density at radius 1 is 0.642 bits per heavy atom. The van der Waals surface area contributed by atoms with E-state index in [2.05, 4.69) is 10.2 Å². The Labute approximate surface area is 314 Å². The molecule has 0 fully saturated rings. The Bertz CT molecular complexity index is 1680. The van der Waals surface area contributed by atoms with Crippen LogP contribution < -0.4 is 24.3 Å². The number of rotatable bonds is 17. The molecule has 1 atom stereocenters. The molecule has 10 nitrogen and oxygen atoms in total. The van der Waals surface area contributed by atoms with Crippen molar-refractivity contribution in [2.75, 3.05) is 20.8 Å². The summed E-state index contributed by atoms with van der Waals surface area (Å²) in [5.41, 5.74) is 2.39. The zero-order valence-electron chi connectivity index (χ0n) is 32.3. The molecular formula is C43H54N2O8. The summed E-state index contributed by atoms with van der Waals surface area (Å²) in [5, 5.41) is 2.77. The van der Waals surface area contributed by atoms with Crippen molar-refractivity contribution in [1.29, 1.82) is 0 Å². The van der Waals surface area contributed by atoms with Gasteiger partial charge in [0.25, 0.3) is 0 Å². The smallest absolute Gasteiger partial charge is 0.408 e. The van der Waals surface area contributed by atoms with Crippen molar-refractivity contribution < 1.29 is 38.0 Å². The van der Waals surface area contributed by atoms with E-state index in [-0.39, 0.29) is 6.42 Å². The summed E-state index contributed by atoms with van der Waals surface area (Å²) in [5.74, 6) is 2.46. The van der Waals surface area contributed by atoms with Gasteiger partial charge >= 0.3 is 12.1 Å². The van der Waals surface area contributed by atoms with E-state index < -0.39 is 29.3 Å². The van der Waals surface area contributed by atoms with Gasteiger partial charge in [-0.25, -0.2) is 9.59 Å². The van der Waals surface area contributed by atoms with Crippen LogP contribution in [-0.2, 0) is 40.6 Å². The van der Waals surface area contributed by atoms with Crippen LogP contribution in [0.1, 0.15) is 70.2 Å². The highest BCUT2D eigenvalue weighted by Gasteiger charge is 2.29. The van der Waals surface area contributed by atoms with E-state index in [0.717, 1.165) is 45.3 Å². The first-order valence-electron chi connectivity index (χ1n) is 17.8. The van der Waals surface area contributed by atoms with Crippen molar-refractivity contribution in [3.8, 4) is 23.0 Å². The average Bonchev–Trinajstić information content (AvgIpc) is 3.11. The minimum Gasteiger partial charge on any atom is -0.497 e. The monoisotopic (exact) mass is 726 g/mol. The molecule has 0 spiro atoms. The maximum atomic E-state index is 13.5. The van der Waals surface area contributed by atoms with Crippen molar-refractivity contribution in [2.45, 2.75) is 91.5 Å². The number of esters is 1. The lowest BCUT2D eigenvalue weighted by molar-refractivity contribution is -0.157. The lowest BCUT2D eigenvalue weighted by atomic mass is 10.1. The maximum Gasteiger partial charge on any atom is 0.408 e. The SMILES string of the molecule is COc1cccc(COc2ccccc2CN(CC[C@H](NC(=O)OC(C)(C)C)C(=O)OC(C)(C)C)Cc2ccccc2OCc2cccc(OC)c2)c1. The first kappa shape index (κ1) is 40.5. The molecule has 1 N–H and O–H groups in total. The summed E-state index contributed by atoms with van der Waals surface area (Å²) in [6.07, 6.45) is -0.430. The molecule has 0 heterocycles. The molecule has 0 unspecified atom stereocenters. The zero-order chi connectivity index (χ0) is 38.4. The van der Waals surface area contributed by atoms with E-state index in [1.165, 1.54) is 0 Å². The van der Waals surface area contributed by atoms with Crippen LogP contribution in [0.25, 0.3) is 0 Å². The lowest BCUT2D eigenvalue weighted by Gasteiger charge is -2.29. The Kier molecular flexibility index (Phi) is 14.6. The predicted molar refractivity (Wildman–Crippen MR) is 205 cm³/mol. The number of nitrogens with zero attached hydrogens (tertiary/aromatic N) is 1. The number of carbonyl (C=O) groups excluding carboxylic acids is 2. The number of para-hydroxylation sites is 2. The van der Waals surface area contributed by atoms with Gasteiger partial charge in [-0.3, -0.25) is 4.90 Å². The van der Waals surface area contributed by atoms with E-state index in [1.807, 2.05) is 97.1 Å². The maximum absolute atomic E-state index is 13.5. The van der Waals surface area contributed by atoms with E-state index in [1.54, 1.807) is 55.8 Å². The van der Waals surface area contributed by atoms with Crippen molar-refractivity contribution >= 4 is 12.1 Å². The first-order chi connectivity index (χ1) is 25.2. The van der Waals surface area contributed by atoms with Gasteiger partial charge in [-0.15, -0.1) is 0 Å². The standard InChI is InChI=1S/C43H54N2O8/c1-42(2,3)52-40(46)37(44-41(47)53-43(4,5)6)23-24-45(27-33-17-9-11-21-38(33)50-29-31-15-13-19-35(25-31)48-7)28-34-18-10-12-22-39(34)51-30-32-16-14-20-36(26-32)49-8/h9-22,25-26,37H,23-24,27-30H2,1-8H3,(H,44,47)/t37-/m0/s1.